The number of anilines is 2. The molecular formula is C22H26FN5O. The van der Waals surface area contributed by atoms with Crippen molar-refractivity contribution in [2.45, 2.75) is 19.3 Å². The van der Waals surface area contributed by atoms with Crippen molar-refractivity contribution in [1.82, 2.24) is 15.1 Å². The molecule has 152 valence electrons. The van der Waals surface area contributed by atoms with Gasteiger partial charge in [-0.1, -0.05) is 18.2 Å². The van der Waals surface area contributed by atoms with Gasteiger partial charge in [0.25, 0.3) is 0 Å². The largest absolute Gasteiger partial charge is 0.355 e. The second-order valence-electron chi connectivity index (χ2n) is 7.46. The number of rotatable bonds is 4. The molecule has 0 unspecified atom stereocenters. The fraction of sp³-hybridized carbons (Fsp3) is 0.409. The summed E-state index contributed by atoms with van der Waals surface area (Å²) >= 11 is 0. The first-order valence-electron chi connectivity index (χ1n) is 10.3. The van der Waals surface area contributed by atoms with Crippen LogP contribution >= 0.6 is 0 Å². The Hall–Kier alpha value is -2.96. The van der Waals surface area contributed by atoms with Crippen LogP contribution in [-0.2, 0) is 4.79 Å². The molecule has 0 saturated carbocycles. The van der Waals surface area contributed by atoms with E-state index in [1.807, 2.05) is 12.1 Å². The number of benzene rings is 1. The number of carbonyl (C=O) groups excluding carboxylic acids is 1. The van der Waals surface area contributed by atoms with Gasteiger partial charge < -0.3 is 14.7 Å². The van der Waals surface area contributed by atoms with Crippen LogP contribution in [0, 0.1) is 5.82 Å². The van der Waals surface area contributed by atoms with Crippen LogP contribution in [-0.4, -0.2) is 60.3 Å². The molecule has 3 heterocycles. The van der Waals surface area contributed by atoms with Gasteiger partial charge in [0.05, 0.1) is 0 Å². The zero-order valence-electron chi connectivity index (χ0n) is 16.5. The Morgan fingerprint density at radius 2 is 1.45 bits per heavy atom. The van der Waals surface area contributed by atoms with Crippen LogP contribution in [0.25, 0.3) is 6.08 Å². The molecule has 7 heteroatoms. The van der Waals surface area contributed by atoms with Gasteiger partial charge in [-0.15, -0.1) is 10.2 Å². The average molecular weight is 395 g/mol. The lowest BCUT2D eigenvalue weighted by Gasteiger charge is -2.35. The van der Waals surface area contributed by atoms with Crippen molar-refractivity contribution in [3.63, 3.8) is 0 Å². The van der Waals surface area contributed by atoms with Crippen LogP contribution in [0.4, 0.5) is 16.0 Å². The van der Waals surface area contributed by atoms with Gasteiger partial charge in [0.1, 0.15) is 5.82 Å². The molecule has 2 fully saturated rings. The first-order valence-corrected chi connectivity index (χ1v) is 10.3. The summed E-state index contributed by atoms with van der Waals surface area (Å²) in [5.41, 5.74) is 0.420. The maximum Gasteiger partial charge on any atom is 0.246 e. The highest BCUT2D eigenvalue weighted by atomic mass is 19.1. The van der Waals surface area contributed by atoms with Crippen molar-refractivity contribution >= 4 is 23.6 Å². The van der Waals surface area contributed by atoms with Gasteiger partial charge in [-0.2, -0.15) is 0 Å². The number of hydrogen-bond donors (Lipinski definition) is 0. The molecule has 4 rings (SSSR count). The number of carbonyl (C=O) groups is 1. The van der Waals surface area contributed by atoms with E-state index >= 15 is 0 Å². The molecule has 0 atom stereocenters. The molecule has 2 aliphatic rings. The van der Waals surface area contributed by atoms with E-state index in [0.717, 1.165) is 24.7 Å². The monoisotopic (exact) mass is 395 g/mol. The highest BCUT2D eigenvalue weighted by Gasteiger charge is 2.21. The standard InChI is InChI=1S/C22H26FN5O/c23-19-7-3-2-6-18(19)8-11-22(29)28-16-14-27(15-17-28)21-10-9-20(24-25-21)26-12-4-1-5-13-26/h2-3,6-11H,1,4-5,12-17H2/b11-8+. The van der Waals surface area contributed by atoms with Crippen LogP contribution in [0.1, 0.15) is 24.8 Å². The zero-order chi connectivity index (χ0) is 20.1. The van der Waals surface area contributed by atoms with E-state index in [-0.39, 0.29) is 11.7 Å². The Bertz CT molecular complexity index is 856. The van der Waals surface area contributed by atoms with Crippen LogP contribution < -0.4 is 9.80 Å². The quantitative estimate of drug-likeness (QED) is 0.745. The third-order valence-electron chi connectivity index (χ3n) is 5.54. The minimum absolute atomic E-state index is 0.0977. The van der Waals surface area contributed by atoms with Crippen LogP contribution in [0.15, 0.2) is 42.5 Å². The van der Waals surface area contributed by atoms with Crippen LogP contribution in [0.5, 0.6) is 0 Å². The Balaban J connectivity index is 1.31. The summed E-state index contributed by atoms with van der Waals surface area (Å²) in [5, 5.41) is 8.82. The summed E-state index contributed by atoms with van der Waals surface area (Å²) in [7, 11) is 0. The molecule has 1 aromatic carbocycles. The van der Waals surface area contributed by atoms with Crippen LogP contribution in [0.2, 0.25) is 0 Å². The Morgan fingerprint density at radius 1 is 0.828 bits per heavy atom. The summed E-state index contributed by atoms with van der Waals surface area (Å²) in [6.45, 7) is 4.73. The third kappa shape index (κ3) is 4.72. The molecule has 0 bridgehead atoms. The van der Waals surface area contributed by atoms with Crippen molar-refractivity contribution in [2.24, 2.45) is 0 Å². The third-order valence-corrected chi connectivity index (χ3v) is 5.54. The highest BCUT2D eigenvalue weighted by Crippen LogP contribution is 2.20. The normalized spacial score (nSPS) is 17.8. The number of amides is 1. The molecular weight excluding hydrogens is 369 g/mol. The lowest BCUT2D eigenvalue weighted by atomic mass is 10.1. The van der Waals surface area contributed by atoms with E-state index in [1.165, 1.54) is 37.5 Å². The van der Waals surface area contributed by atoms with Gasteiger partial charge in [0.2, 0.25) is 5.91 Å². The van der Waals surface area contributed by atoms with Gasteiger partial charge in [0, 0.05) is 50.9 Å². The number of piperazine rings is 1. The molecule has 0 spiro atoms. The molecule has 0 aliphatic carbocycles. The number of nitrogens with zero attached hydrogens (tertiary/aromatic N) is 5. The van der Waals surface area contributed by atoms with Gasteiger partial charge in [0.15, 0.2) is 11.6 Å². The molecule has 1 amide bonds. The van der Waals surface area contributed by atoms with E-state index in [0.29, 0.717) is 31.7 Å². The van der Waals surface area contributed by atoms with E-state index in [1.54, 1.807) is 23.1 Å². The summed E-state index contributed by atoms with van der Waals surface area (Å²) in [5.74, 6) is 1.37. The molecule has 2 aromatic rings. The van der Waals surface area contributed by atoms with E-state index in [4.69, 9.17) is 0 Å². The number of aromatic nitrogens is 2. The van der Waals surface area contributed by atoms with Crippen molar-refractivity contribution in [1.29, 1.82) is 0 Å². The molecule has 2 saturated heterocycles. The van der Waals surface area contributed by atoms with E-state index < -0.39 is 0 Å². The Labute approximate surface area is 170 Å². The minimum Gasteiger partial charge on any atom is -0.355 e. The maximum absolute atomic E-state index is 13.7. The summed E-state index contributed by atoms with van der Waals surface area (Å²) in [6, 6.07) is 10.5. The van der Waals surface area contributed by atoms with Crippen molar-refractivity contribution in [3.8, 4) is 0 Å². The lowest BCUT2D eigenvalue weighted by molar-refractivity contribution is -0.126. The first-order chi connectivity index (χ1) is 14.2. The highest BCUT2D eigenvalue weighted by molar-refractivity contribution is 5.92. The fourth-order valence-corrected chi connectivity index (χ4v) is 3.81. The first kappa shape index (κ1) is 19.4. The number of piperidine rings is 1. The molecule has 0 radical (unpaired) electrons. The average Bonchev–Trinajstić information content (AvgIpc) is 2.79. The minimum atomic E-state index is -0.326. The predicted octanol–water partition coefficient (Wildman–Crippen LogP) is 2.97. The molecule has 29 heavy (non-hydrogen) atoms. The summed E-state index contributed by atoms with van der Waals surface area (Å²) < 4.78 is 13.7. The molecule has 6 nitrogen and oxygen atoms in total. The number of halogens is 1. The molecule has 2 aliphatic heterocycles. The van der Waals surface area contributed by atoms with Crippen molar-refractivity contribution in [3.05, 3.63) is 53.9 Å². The molecule has 1 aromatic heterocycles. The second-order valence-corrected chi connectivity index (χ2v) is 7.46. The maximum atomic E-state index is 13.7. The smallest absolute Gasteiger partial charge is 0.246 e. The van der Waals surface area contributed by atoms with Gasteiger partial charge >= 0.3 is 0 Å². The van der Waals surface area contributed by atoms with Gasteiger partial charge in [-0.3, -0.25) is 4.79 Å². The van der Waals surface area contributed by atoms with Crippen molar-refractivity contribution < 1.29 is 9.18 Å². The van der Waals surface area contributed by atoms with Gasteiger partial charge in [-0.05, 0) is 43.5 Å². The summed E-state index contributed by atoms with van der Waals surface area (Å²) in [6.07, 6.45) is 6.70. The Morgan fingerprint density at radius 3 is 2.07 bits per heavy atom. The Kier molecular flexibility index (Phi) is 6.03. The fourth-order valence-electron chi connectivity index (χ4n) is 3.81. The lowest BCUT2D eigenvalue weighted by Crippen LogP contribution is -2.48. The van der Waals surface area contributed by atoms with Gasteiger partial charge in [-0.25, -0.2) is 4.39 Å². The topological polar surface area (TPSA) is 52.6 Å². The van der Waals surface area contributed by atoms with E-state index in [2.05, 4.69) is 20.0 Å². The second kappa shape index (κ2) is 9.03. The van der Waals surface area contributed by atoms with E-state index in [9.17, 15) is 9.18 Å². The predicted molar refractivity (Wildman–Crippen MR) is 112 cm³/mol. The van der Waals surface area contributed by atoms with Crippen molar-refractivity contribution in [2.75, 3.05) is 49.1 Å². The SMILES string of the molecule is O=C(/C=C/c1ccccc1F)N1CCN(c2ccc(N3CCCCC3)nn2)CC1. The summed E-state index contributed by atoms with van der Waals surface area (Å²) in [4.78, 5) is 18.6. The zero-order valence-corrected chi connectivity index (χ0v) is 16.5. The molecule has 0 N–H and O–H groups in total. The number of hydrogen-bond acceptors (Lipinski definition) is 5. The van der Waals surface area contributed by atoms with Crippen LogP contribution in [0.3, 0.4) is 0 Å².